The van der Waals surface area contributed by atoms with Crippen molar-refractivity contribution in [3.05, 3.63) is 75.2 Å². The second-order valence-electron chi connectivity index (χ2n) is 8.31. The number of benzene rings is 2. The van der Waals surface area contributed by atoms with Crippen LogP contribution in [0.3, 0.4) is 0 Å². The highest BCUT2D eigenvalue weighted by atomic mass is 35.5. The highest BCUT2D eigenvalue weighted by Crippen LogP contribution is 2.26. The van der Waals surface area contributed by atoms with Gasteiger partial charge in [-0.3, -0.25) is 19.2 Å². The predicted octanol–water partition coefficient (Wildman–Crippen LogP) is 4.25. The second-order valence-corrected chi connectivity index (χ2v) is 8.74. The van der Waals surface area contributed by atoms with E-state index in [2.05, 4.69) is 5.32 Å². The Morgan fingerprint density at radius 1 is 1.03 bits per heavy atom. The Bertz CT molecular complexity index is 1450. The van der Waals surface area contributed by atoms with Gasteiger partial charge in [-0.1, -0.05) is 24.6 Å². The van der Waals surface area contributed by atoms with Crippen molar-refractivity contribution >= 4 is 40.0 Å². The molecule has 0 saturated heterocycles. The highest BCUT2D eigenvalue weighted by Gasteiger charge is 2.30. The standard InChI is InChI=1S/C26H23ClF4N2O6/c1-3-19(33-8-7-13-5-6-14(27)9-15(13)26(33)37)25(36)32-18(11-21(35)38-4-2)20(34)12-39-24-22(30)16(28)10-17(29)23(24)31/h5-10,18-19H,3-4,11-12H2,1-2H3,(H,32,36)/t18-,19?/m0/s1. The summed E-state index contributed by atoms with van der Waals surface area (Å²) in [6.45, 7) is 1.91. The predicted molar refractivity (Wildman–Crippen MR) is 133 cm³/mol. The van der Waals surface area contributed by atoms with Crippen LogP contribution >= 0.6 is 11.6 Å². The number of carbonyl (C=O) groups excluding carboxylic acids is 3. The molecule has 1 aromatic heterocycles. The molecule has 208 valence electrons. The minimum Gasteiger partial charge on any atom is -0.479 e. The van der Waals surface area contributed by atoms with E-state index in [9.17, 15) is 36.7 Å². The van der Waals surface area contributed by atoms with Crippen molar-refractivity contribution < 1.29 is 41.4 Å². The quantitative estimate of drug-likeness (QED) is 0.210. The van der Waals surface area contributed by atoms with Gasteiger partial charge in [0.15, 0.2) is 23.2 Å². The number of esters is 1. The molecule has 3 rings (SSSR count). The Kier molecular flexibility index (Phi) is 9.68. The topological polar surface area (TPSA) is 104 Å². The van der Waals surface area contributed by atoms with Crippen LogP contribution in [0.25, 0.3) is 10.8 Å². The van der Waals surface area contributed by atoms with Crippen LogP contribution in [0.1, 0.15) is 32.7 Å². The third kappa shape index (κ3) is 6.75. The minimum atomic E-state index is -1.87. The Morgan fingerprint density at radius 3 is 2.31 bits per heavy atom. The molecule has 0 aliphatic rings. The minimum absolute atomic E-state index is 0.0311. The number of hydrogen-bond donors (Lipinski definition) is 1. The van der Waals surface area contributed by atoms with Gasteiger partial charge in [-0.15, -0.1) is 0 Å². The fourth-order valence-electron chi connectivity index (χ4n) is 3.80. The summed E-state index contributed by atoms with van der Waals surface area (Å²) in [6.07, 6.45) is 0.790. The van der Waals surface area contributed by atoms with Crippen LogP contribution in [-0.2, 0) is 19.1 Å². The lowest BCUT2D eigenvalue weighted by molar-refractivity contribution is -0.145. The van der Waals surface area contributed by atoms with Gasteiger partial charge in [-0.25, -0.2) is 8.78 Å². The van der Waals surface area contributed by atoms with Crippen LogP contribution < -0.4 is 15.6 Å². The fourth-order valence-corrected chi connectivity index (χ4v) is 3.97. The Hall–Kier alpha value is -3.93. The third-order valence-electron chi connectivity index (χ3n) is 5.73. The van der Waals surface area contributed by atoms with Crippen LogP contribution in [0.15, 0.2) is 41.3 Å². The molecule has 1 amide bonds. The molecule has 0 aliphatic heterocycles. The number of nitrogens with zero attached hydrogens (tertiary/aromatic N) is 1. The van der Waals surface area contributed by atoms with Gasteiger partial charge in [0.1, 0.15) is 18.7 Å². The van der Waals surface area contributed by atoms with Crippen molar-refractivity contribution in [2.24, 2.45) is 0 Å². The first-order valence-electron chi connectivity index (χ1n) is 11.7. The number of Topliss-reactive ketones (excluding diaryl/α,β-unsaturated/α-hetero) is 1. The Labute approximate surface area is 224 Å². The molecule has 39 heavy (non-hydrogen) atoms. The first kappa shape index (κ1) is 29.6. The number of ether oxygens (including phenoxy) is 2. The van der Waals surface area contributed by atoms with E-state index in [1.54, 1.807) is 25.1 Å². The van der Waals surface area contributed by atoms with E-state index in [0.29, 0.717) is 10.4 Å². The number of nitrogens with one attached hydrogen (secondary N) is 1. The molecule has 8 nitrogen and oxygen atoms in total. The van der Waals surface area contributed by atoms with Gasteiger partial charge >= 0.3 is 5.97 Å². The van der Waals surface area contributed by atoms with Gasteiger partial charge in [-0.05, 0) is 36.9 Å². The molecular formula is C26H23ClF4N2O6. The second kappa shape index (κ2) is 12.7. The SMILES string of the molecule is CCOC(=O)C[C@H](NC(=O)C(CC)n1ccc2ccc(Cl)cc2c1=O)C(=O)COc1c(F)c(F)cc(F)c1F. The van der Waals surface area contributed by atoms with E-state index in [1.165, 1.54) is 19.2 Å². The summed E-state index contributed by atoms with van der Waals surface area (Å²) in [5.41, 5.74) is -0.535. The molecule has 1 unspecified atom stereocenters. The van der Waals surface area contributed by atoms with Crippen molar-refractivity contribution in [2.45, 2.75) is 38.8 Å². The average Bonchev–Trinajstić information content (AvgIpc) is 2.89. The molecule has 0 fully saturated rings. The van der Waals surface area contributed by atoms with Crippen molar-refractivity contribution in [2.75, 3.05) is 13.2 Å². The van der Waals surface area contributed by atoms with E-state index in [0.717, 1.165) is 4.57 Å². The van der Waals surface area contributed by atoms with Crippen molar-refractivity contribution in [3.63, 3.8) is 0 Å². The smallest absolute Gasteiger partial charge is 0.308 e. The largest absolute Gasteiger partial charge is 0.479 e. The molecule has 2 atom stereocenters. The van der Waals surface area contributed by atoms with Gasteiger partial charge in [0.25, 0.3) is 5.56 Å². The first-order chi connectivity index (χ1) is 18.5. The van der Waals surface area contributed by atoms with Crippen molar-refractivity contribution in [1.29, 1.82) is 0 Å². The van der Waals surface area contributed by atoms with Crippen LogP contribution in [0.5, 0.6) is 5.75 Å². The molecule has 0 spiro atoms. The molecule has 13 heteroatoms. The summed E-state index contributed by atoms with van der Waals surface area (Å²) in [5.74, 6) is -11.5. The molecular weight excluding hydrogens is 548 g/mol. The summed E-state index contributed by atoms with van der Waals surface area (Å²) < 4.78 is 65.4. The number of pyridine rings is 1. The van der Waals surface area contributed by atoms with E-state index < -0.39 is 77.3 Å². The van der Waals surface area contributed by atoms with Crippen molar-refractivity contribution in [3.8, 4) is 5.75 Å². The van der Waals surface area contributed by atoms with E-state index in [4.69, 9.17) is 21.1 Å². The number of fused-ring (bicyclic) bond motifs is 1. The monoisotopic (exact) mass is 570 g/mol. The zero-order chi connectivity index (χ0) is 28.9. The van der Waals surface area contributed by atoms with Crippen LogP contribution in [0.4, 0.5) is 17.6 Å². The molecule has 2 aromatic carbocycles. The van der Waals surface area contributed by atoms with Crippen LogP contribution in [-0.4, -0.2) is 41.5 Å². The average molecular weight is 571 g/mol. The first-order valence-corrected chi connectivity index (χ1v) is 12.1. The zero-order valence-electron chi connectivity index (χ0n) is 20.7. The van der Waals surface area contributed by atoms with E-state index in [-0.39, 0.29) is 24.5 Å². The Balaban J connectivity index is 1.86. The normalized spacial score (nSPS) is 12.6. The molecule has 1 N–H and O–H groups in total. The molecule has 0 aliphatic carbocycles. The molecule has 3 aromatic rings. The Morgan fingerprint density at radius 2 is 1.69 bits per heavy atom. The van der Waals surface area contributed by atoms with Gasteiger partial charge < -0.3 is 19.4 Å². The lowest BCUT2D eigenvalue weighted by atomic mass is 10.1. The van der Waals surface area contributed by atoms with E-state index >= 15 is 0 Å². The lowest BCUT2D eigenvalue weighted by Gasteiger charge is -2.23. The van der Waals surface area contributed by atoms with Gasteiger partial charge in [0.2, 0.25) is 17.5 Å². The summed E-state index contributed by atoms with van der Waals surface area (Å²) >= 11 is 6.00. The van der Waals surface area contributed by atoms with Gasteiger partial charge in [-0.2, -0.15) is 8.78 Å². The van der Waals surface area contributed by atoms with Crippen molar-refractivity contribution in [1.82, 2.24) is 9.88 Å². The van der Waals surface area contributed by atoms with Crippen LogP contribution in [0.2, 0.25) is 5.02 Å². The maximum Gasteiger partial charge on any atom is 0.308 e. The number of amides is 1. The van der Waals surface area contributed by atoms with Gasteiger partial charge in [0, 0.05) is 22.7 Å². The number of halogens is 5. The summed E-state index contributed by atoms with van der Waals surface area (Å²) in [7, 11) is 0. The van der Waals surface area contributed by atoms with E-state index in [1.807, 2.05) is 0 Å². The maximum atomic E-state index is 13.9. The number of hydrogen-bond acceptors (Lipinski definition) is 6. The number of rotatable bonds is 11. The van der Waals surface area contributed by atoms with Gasteiger partial charge in [0.05, 0.1) is 13.0 Å². The van der Waals surface area contributed by atoms with Crippen LogP contribution in [0, 0.1) is 23.3 Å². The summed E-state index contributed by atoms with van der Waals surface area (Å²) in [4.78, 5) is 51.2. The fraction of sp³-hybridized carbons (Fsp3) is 0.308. The summed E-state index contributed by atoms with van der Waals surface area (Å²) in [6, 6.07) is 3.48. The summed E-state index contributed by atoms with van der Waals surface area (Å²) in [5, 5.41) is 3.47. The maximum absolute atomic E-state index is 13.9. The number of carbonyl (C=O) groups is 3. The molecule has 1 heterocycles. The zero-order valence-corrected chi connectivity index (χ0v) is 21.5. The molecule has 0 saturated carbocycles. The third-order valence-corrected chi connectivity index (χ3v) is 5.97. The lowest BCUT2D eigenvalue weighted by Crippen LogP contribution is -2.48. The molecule has 0 radical (unpaired) electrons. The highest BCUT2D eigenvalue weighted by molar-refractivity contribution is 6.31. The molecule has 0 bridgehead atoms. The number of ketones is 1. The number of aromatic nitrogens is 1.